The van der Waals surface area contributed by atoms with Crippen LogP contribution >= 0.6 is 0 Å². The van der Waals surface area contributed by atoms with Crippen molar-refractivity contribution >= 4 is 6.21 Å². The van der Waals surface area contributed by atoms with Crippen molar-refractivity contribution in [1.82, 2.24) is 14.9 Å². The number of aromatic nitrogens is 3. The molecule has 11 heavy (non-hydrogen) atoms. The van der Waals surface area contributed by atoms with E-state index in [4.69, 9.17) is 5.73 Å². The van der Waals surface area contributed by atoms with Gasteiger partial charge in [-0.25, -0.2) is 0 Å². The van der Waals surface area contributed by atoms with Gasteiger partial charge in [-0.05, 0) is 6.92 Å². The predicted octanol–water partition coefficient (Wildman–Crippen LogP) is -0.299. The van der Waals surface area contributed by atoms with Gasteiger partial charge in [0.25, 0.3) is 0 Å². The topological polar surface area (TPSA) is 69.1 Å². The summed E-state index contributed by atoms with van der Waals surface area (Å²) in [5.41, 5.74) is 5.71. The summed E-state index contributed by atoms with van der Waals surface area (Å²) in [5.74, 6) is 1.48. The predicted molar refractivity (Wildman–Crippen MR) is 39.1 cm³/mol. The van der Waals surface area contributed by atoms with E-state index in [9.17, 15) is 0 Å². The maximum absolute atomic E-state index is 5.71. The Morgan fingerprint density at radius 2 is 2.45 bits per heavy atom. The van der Waals surface area contributed by atoms with Gasteiger partial charge in [0.15, 0.2) is 11.6 Å². The van der Waals surface area contributed by atoms with E-state index in [-0.39, 0.29) is 6.04 Å². The number of nitrogens with two attached hydrogens (primary N) is 1. The Balaban J connectivity index is 2.57. The van der Waals surface area contributed by atoms with E-state index in [1.165, 1.54) is 0 Å². The molecule has 1 unspecified atom stereocenters. The van der Waals surface area contributed by atoms with E-state index < -0.39 is 0 Å². The molecule has 5 nitrogen and oxygen atoms in total. The number of aryl methyl sites for hydroxylation is 1. The Morgan fingerprint density at radius 1 is 1.64 bits per heavy atom. The molecule has 1 aliphatic heterocycles. The maximum Gasteiger partial charge on any atom is 0.171 e. The van der Waals surface area contributed by atoms with Crippen LogP contribution in [0.4, 0.5) is 0 Å². The van der Waals surface area contributed by atoms with Crippen molar-refractivity contribution in [3.63, 3.8) is 0 Å². The van der Waals surface area contributed by atoms with Crippen LogP contribution < -0.4 is 5.73 Å². The quantitative estimate of drug-likeness (QED) is 0.552. The van der Waals surface area contributed by atoms with E-state index in [2.05, 4.69) is 21.5 Å². The fraction of sp³-hybridized carbons (Fsp3) is 0.500. The summed E-state index contributed by atoms with van der Waals surface area (Å²) in [6.07, 6.45) is 3.42. The fourth-order valence-electron chi connectivity index (χ4n) is 1.03. The van der Waals surface area contributed by atoms with Gasteiger partial charge in [0.05, 0.1) is 12.3 Å². The van der Waals surface area contributed by atoms with E-state index in [0.29, 0.717) is 6.42 Å². The second-order valence-electron chi connectivity index (χ2n) is 2.49. The lowest BCUT2D eigenvalue weighted by Crippen LogP contribution is -2.19. The van der Waals surface area contributed by atoms with Crippen LogP contribution in [0, 0.1) is 6.92 Å². The van der Waals surface area contributed by atoms with Crippen molar-refractivity contribution in [1.29, 1.82) is 0 Å². The second kappa shape index (κ2) is 2.13. The largest absolute Gasteiger partial charge is 0.321 e. The lowest BCUT2D eigenvalue weighted by Gasteiger charge is -2.11. The van der Waals surface area contributed by atoms with Crippen LogP contribution in [-0.2, 0) is 0 Å². The molecule has 1 radical (unpaired) electrons. The molecule has 1 atom stereocenters. The minimum Gasteiger partial charge on any atom is -0.321 e. The molecule has 0 fully saturated rings. The lowest BCUT2D eigenvalue weighted by atomic mass is 10.2. The maximum atomic E-state index is 5.71. The van der Waals surface area contributed by atoms with E-state index in [1.54, 1.807) is 4.68 Å². The van der Waals surface area contributed by atoms with Crippen LogP contribution in [0.2, 0.25) is 0 Å². The first kappa shape index (κ1) is 6.48. The highest BCUT2D eigenvalue weighted by molar-refractivity contribution is 5.59. The first-order valence-electron chi connectivity index (χ1n) is 3.40. The molecule has 5 heteroatoms. The highest BCUT2D eigenvalue weighted by Crippen LogP contribution is 2.15. The zero-order valence-electron chi connectivity index (χ0n) is 6.15. The van der Waals surface area contributed by atoms with Gasteiger partial charge in [-0.3, -0.25) is 0 Å². The number of nitrogens with zero attached hydrogens (tertiary/aromatic N) is 4. The summed E-state index contributed by atoms with van der Waals surface area (Å²) in [6.45, 7) is 1.83. The standard InChI is InChI=1S/C6H8N5/c1-4-9-10-6-5(7)2-3-8-11(4)6/h5H,2,7H2,1H3. The Morgan fingerprint density at radius 3 is 3.18 bits per heavy atom. The molecule has 1 aromatic heterocycles. The summed E-state index contributed by atoms with van der Waals surface area (Å²) in [4.78, 5) is 0. The Bertz CT molecular complexity index is 300. The zero-order chi connectivity index (χ0) is 7.84. The van der Waals surface area contributed by atoms with Gasteiger partial charge in [-0.15, -0.1) is 10.2 Å². The van der Waals surface area contributed by atoms with Crippen LogP contribution in [-0.4, -0.2) is 21.1 Å². The van der Waals surface area contributed by atoms with Crippen LogP contribution in [0.1, 0.15) is 24.1 Å². The number of hydrogen-bond acceptors (Lipinski definition) is 4. The number of rotatable bonds is 0. The van der Waals surface area contributed by atoms with Crippen LogP contribution in [0.15, 0.2) is 5.10 Å². The lowest BCUT2D eigenvalue weighted by molar-refractivity contribution is 0.617. The molecule has 0 bridgehead atoms. The van der Waals surface area contributed by atoms with Gasteiger partial charge in [0.2, 0.25) is 0 Å². The summed E-state index contributed by atoms with van der Waals surface area (Å²) < 4.78 is 1.62. The molecule has 2 N–H and O–H groups in total. The number of fused-ring (bicyclic) bond motifs is 1. The van der Waals surface area contributed by atoms with Gasteiger partial charge in [-0.1, -0.05) is 0 Å². The molecule has 2 heterocycles. The molecule has 1 aromatic rings. The van der Waals surface area contributed by atoms with Crippen molar-refractivity contribution in [2.75, 3.05) is 0 Å². The average Bonchev–Trinajstić information content (AvgIpc) is 2.35. The van der Waals surface area contributed by atoms with Gasteiger partial charge < -0.3 is 5.73 Å². The molecular formula is C6H8N5. The fourth-order valence-corrected chi connectivity index (χ4v) is 1.03. The van der Waals surface area contributed by atoms with Crippen molar-refractivity contribution < 1.29 is 0 Å². The third-order valence-electron chi connectivity index (χ3n) is 1.63. The van der Waals surface area contributed by atoms with Gasteiger partial charge in [0.1, 0.15) is 0 Å². The van der Waals surface area contributed by atoms with E-state index >= 15 is 0 Å². The molecule has 0 saturated carbocycles. The van der Waals surface area contributed by atoms with Gasteiger partial charge >= 0.3 is 0 Å². The highest BCUT2D eigenvalue weighted by atomic mass is 15.5. The van der Waals surface area contributed by atoms with Crippen LogP contribution in [0.5, 0.6) is 0 Å². The van der Waals surface area contributed by atoms with E-state index in [1.807, 2.05) is 6.92 Å². The molecule has 0 amide bonds. The molecular weight excluding hydrogens is 142 g/mol. The SMILES string of the molecule is Cc1nnc2n1N=[C]CC2N. The summed E-state index contributed by atoms with van der Waals surface area (Å²) in [7, 11) is 0. The van der Waals surface area contributed by atoms with E-state index in [0.717, 1.165) is 11.6 Å². The van der Waals surface area contributed by atoms with Gasteiger partial charge in [0, 0.05) is 6.42 Å². The molecule has 0 spiro atoms. The third kappa shape index (κ3) is 0.848. The van der Waals surface area contributed by atoms with Crippen LogP contribution in [0.25, 0.3) is 0 Å². The van der Waals surface area contributed by atoms with Crippen molar-refractivity contribution in [3.05, 3.63) is 11.6 Å². The molecule has 0 saturated heterocycles. The third-order valence-corrected chi connectivity index (χ3v) is 1.63. The first-order valence-corrected chi connectivity index (χ1v) is 3.40. The Kier molecular flexibility index (Phi) is 1.25. The Hall–Kier alpha value is -1.23. The normalized spacial score (nSPS) is 21.8. The molecule has 2 rings (SSSR count). The Labute approximate surface area is 63.9 Å². The molecule has 0 aromatic carbocycles. The highest BCUT2D eigenvalue weighted by Gasteiger charge is 2.18. The zero-order valence-corrected chi connectivity index (χ0v) is 6.15. The smallest absolute Gasteiger partial charge is 0.171 e. The van der Waals surface area contributed by atoms with Crippen molar-refractivity contribution in [3.8, 4) is 0 Å². The molecule has 0 aliphatic carbocycles. The second-order valence-corrected chi connectivity index (χ2v) is 2.49. The molecule has 57 valence electrons. The summed E-state index contributed by atoms with van der Waals surface area (Å²) in [5, 5.41) is 11.7. The summed E-state index contributed by atoms with van der Waals surface area (Å²) in [6, 6.07) is -0.103. The van der Waals surface area contributed by atoms with Crippen molar-refractivity contribution in [2.24, 2.45) is 10.8 Å². The minimum absolute atomic E-state index is 0.103. The minimum atomic E-state index is -0.103. The van der Waals surface area contributed by atoms with Gasteiger partial charge in [-0.2, -0.15) is 9.78 Å². The van der Waals surface area contributed by atoms with Crippen LogP contribution in [0.3, 0.4) is 0 Å². The first-order chi connectivity index (χ1) is 5.29. The number of hydrogen-bond donors (Lipinski definition) is 1. The summed E-state index contributed by atoms with van der Waals surface area (Å²) >= 11 is 0. The molecule has 1 aliphatic rings. The van der Waals surface area contributed by atoms with Crippen molar-refractivity contribution in [2.45, 2.75) is 19.4 Å². The monoisotopic (exact) mass is 150 g/mol. The average molecular weight is 150 g/mol.